The minimum atomic E-state index is -0.368. The highest BCUT2D eigenvalue weighted by atomic mass is 19.1. The van der Waals surface area contributed by atoms with Crippen molar-refractivity contribution in [3.63, 3.8) is 0 Å². The van der Waals surface area contributed by atoms with Crippen molar-refractivity contribution in [2.45, 2.75) is 18.5 Å². The zero-order valence-corrected chi connectivity index (χ0v) is 11.3. The van der Waals surface area contributed by atoms with Gasteiger partial charge in [-0.25, -0.2) is 15.2 Å². The maximum absolute atomic E-state index is 13.1. The van der Waals surface area contributed by atoms with Crippen LogP contribution in [0.2, 0.25) is 0 Å². The Balaban J connectivity index is 1.62. The highest BCUT2D eigenvalue weighted by molar-refractivity contribution is 5.95. The fourth-order valence-corrected chi connectivity index (χ4v) is 2.43. The first-order valence-corrected chi connectivity index (χ1v) is 6.85. The average Bonchev–Trinajstić information content (AvgIpc) is 2.98. The first-order valence-electron chi connectivity index (χ1n) is 6.85. The molecule has 4 nitrogen and oxygen atoms in total. The molecule has 0 aromatic heterocycles. The molecule has 1 heterocycles. The number of carbonyl (C=O) groups is 1. The average molecular weight is 285 g/mol. The van der Waals surface area contributed by atoms with Gasteiger partial charge in [0, 0.05) is 11.7 Å². The lowest BCUT2D eigenvalue weighted by atomic mass is 10.0. The molecular formula is C16H16FN3O. The third-order valence-electron chi connectivity index (χ3n) is 3.51. The van der Waals surface area contributed by atoms with Gasteiger partial charge in [0.15, 0.2) is 0 Å². The summed E-state index contributed by atoms with van der Waals surface area (Å²) in [7, 11) is 0. The second-order valence-corrected chi connectivity index (χ2v) is 5.04. The molecule has 5 heteroatoms. The third kappa shape index (κ3) is 3.26. The molecule has 1 saturated heterocycles. The highest BCUT2D eigenvalue weighted by Gasteiger charge is 2.29. The second-order valence-electron chi connectivity index (χ2n) is 5.04. The lowest BCUT2D eigenvalue weighted by Gasteiger charge is -2.10. The number of halogens is 1. The van der Waals surface area contributed by atoms with Crippen molar-refractivity contribution >= 4 is 11.6 Å². The van der Waals surface area contributed by atoms with Crippen molar-refractivity contribution in [1.82, 2.24) is 10.9 Å². The van der Waals surface area contributed by atoms with E-state index in [9.17, 15) is 9.18 Å². The van der Waals surface area contributed by atoms with Crippen LogP contribution in [0.1, 0.15) is 18.0 Å². The fourth-order valence-electron chi connectivity index (χ4n) is 2.43. The molecule has 1 fully saturated rings. The van der Waals surface area contributed by atoms with E-state index in [-0.39, 0.29) is 23.8 Å². The molecule has 2 aromatic rings. The van der Waals surface area contributed by atoms with Crippen LogP contribution in [-0.2, 0) is 4.79 Å². The zero-order chi connectivity index (χ0) is 14.7. The summed E-state index contributed by atoms with van der Waals surface area (Å²) in [5, 5.41) is 2.72. The Morgan fingerprint density at radius 3 is 2.67 bits per heavy atom. The smallest absolute Gasteiger partial charge is 0.242 e. The number of carbonyl (C=O) groups excluding carboxylic acids is 1. The molecule has 2 atom stereocenters. The van der Waals surface area contributed by atoms with Gasteiger partial charge in [-0.15, -0.1) is 0 Å². The van der Waals surface area contributed by atoms with Crippen molar-refractivity contribution in [3.8, 4) is 0 Å². The molecule has 21 heavy (non-hydrogen) atoms. The van der Waals surface area contributed by atoms with Gasteiger partial charge in [-0.1, -0.05) is 36.4 Å². The molecule has 1 aliphatic heterocycles. The zero-order valence-electron chi connectivity index (χ0n) is 11.3. The van der Waals surface area contributed by atoms with Crippen LogP contribution in [0.5, 0.6) is 0 Å². The predicted molar refractivity (Wildman–Crippen MR) is 78.9 cm³/mol. The van der Waals surface area contributed by atoms with Crippen molar-refractivity contribution in [2.24, 2.45) is 0 Å². The maximum Gasteiger partial charge on any atom is 0.242 e. The summed E-state index contributed by atoms with van der Waals surface area (Å²) >= 11 is 0. The van der Waals surface area contributed by atoms with Gasteiger partial charge < -0.3 is 5.32 Å². The molecule has 0 aliphatic carbocycles. The Bertz CT molecular complexity index is 632. The van der Waals surface area contributed by atoms with Gasteiger partial charge in [0.05, 0.1) is 0 Å². The number of rotatable bonds is 3. The van der Waals surface area contributed by atoms with Crippen LogP contribution in [-0.4, -0.2) is 11.9 Å². The van der Waals surface area contributed by atoms with Crippen LogP contribution in [0.25, 0.3) is 0 Å². The van der Waals surface area contributed by atoms with Crippen molar-refractivity contribution in [2.75, 3.05) is 5.32 Å². The summed E-state index contributed by atoms with van der Waals surface area (Å²) in [5.74, 6) is -0.543. The van der Waals surface area contributed by atoms with E-state index in [0.717, 1.165) is 5.56 Å². The Morgan fingerprint density at radius 2 is 1.90 bits per heavy atom. The molecule has 1 amide bonds. The number of hydrazine groups is 1. The van der Waals surface area contributed by atoms with Gasteiger partial charge in [0.1, 0.15) is 11.9 Å². The number of nitrogens with one attached hydrogen (secondary N) is 3. The van der Waals surface area contributed by atoms with Gasteiger partial charge in [-0.05, 0) is 30.2 Å². The molecule has 2 aromatic carbocycles. The van der Waals surface area contributed by atoms with E-state index in [4.69, 9.17) is 0 Å². The van der Waals surface area contributed by atoms with Gasteiger partial charge in [-0.2, -0.15) is 0 Å². The normalized spacial score (nSPS) is 21.2. The predicted octanol–water partition coefficient (Wildman–Crippen LogP) is 2.37. The minimum absolute atomic E-state index is 0.0921. The van der Waals surface area contributed by atoms with Crippen molar-refractivity contribution < 1.29 is 9.18 Å². The van der Waals surface area contributed by atoms with Crippen LogP contribution in [0, 0.1) is 5.82 Å². The Labute approximate surface area is 122 Å². The van der Waals surface area contributed by atoms with Crippen LogP contribution in [0.15, 0.2) is 54.6 Å². The molecule has 1 aliphatic rings. The first-order chi connectivity index (χ1) is 10.2. The van der Waals surface area contributed by atoms with Crippen LogP contribution in [0.4, 0.5) is 10.1 Å². The Morgan fingerprint density at radius 1 is 1.10 bits per heavy atom. The quantitative estimate of drug-likeness (QED) is 0.811. The SMILES string of the molecule is O=C(Nc1cccc(F)c1)C1CC(c2ccccc2)NN1. The standard InChI is InChI=1S/C16H16FN3O/c17-12-7-4-8-13(9-12)18-16(21)15-10-14(19-20-15)11-5-2-1-3-6-11/h1-9,14-15,19-20H,10H2,(H,18,21). The molecular weight excluding hydrogens is 269 g/mol. The van der Waals surface area contributed by atoms with E-state index in [2.05, 4.69) is 16.2 Å². The Kier molecular flexibility index (Phi) is 3.94. The molecule has 0 spiro atoms. The van der Waals surface area contributed by atoms with Crippen LogP contribution in [0.3, 0.4) is 0 Å². The third-order valence-corrected chi connectivity index (χ3v) is 3.51. The number of hydrogen-bond acceptors (Lipinski definition) is 3. The van der Waals surface area contributed by atoms with Gasteiger partial charge in [-0.3, -0.25) is 4.79 Å². The summed E-state index contributed by atoms with van der Waals surface area (Å²) < 4.78 is 13.1. The maximum atomic E-state index is 13.1. The monoisotopic (exact) mass is 285 g/mol. The van der Waals surface area contributed by atoms with Gasteiger partial charge in [0.2, 0.25) is 5.91 Å². The number of amides is 1. The molecule has 0 bridgehead atoms. The topological polar surface area (TPSA) is 53.2 Å². The molecule has 3 N–H and O–H groups in total. The molecule has 0 saturated carbocycles. The van der Waals surface area contributed by atoms with Crippen LogP contribution < -0.4 is 16.2 Å². The highest BCUT2D eigenvalue weighted by Crippen LogP contribution is 2.22. The van der Waals surface area contributed by atoms with E-state index in [1.54, 1.807) is 12.1 Å². The molecule has 3 rings (SSSR count). The van der Waals surface area contributed by atoms with Crippen LogP contribution >= 0.6 is 0 Å². The lowest BCUT2D eigenvalue weighted by Crippen LogP contribution is -2.39. The van der Waals surface area contributed by atoms with E-state index >= 15 is 0 Å². The first kappa shape index (κ1) is 13.7. The van der Waals surface area contributed by atoms with Gasteiger partial charge in [0.25, 0.3) is 0 Å². The summed E-state index contributed by atoms with van der Waals surface area (Å²) in [6.45, 7) is 0. The van der Waals surface area contributed by atoms with E-state index in [1.165, 1.54) is 12.1 Å². The minimum Gasteiger partial charge on any atom is -0.325 e. The van der Waals surface area contributed by atoms with Crippen molar-refractivity contribution in [3.05, 3.63) is 66.0 Å². The van der Waals surface area contributed by atoms with Gasteiger partial charge >= 0.3 is 0 Å². The summed E-state index contributed by atoms with van der Waals surface area (Å²) in [5.41, 5.74) is 7.69. The number of benzene rings is 2. The lowest BCUT2D eigenvalue weighted by molar-refractivity contribution is -0.117. The molecule has 2 unspecified atom stereocenters. The summed E-state index contributed by atoms with van der Waals surface area (Å²) in [6, 6.07) is 15.6. The molecule has 0 radical (unpaired) electrons. The Hall–Kier alpha value is -2.24. The number of anilines is 1. The second kappa shape index (κ2) is 6.03. The van der Waals surface area contributed by atoms with E-state index in [1.807, 2.05) is 30.3 Å². The summed E-state index contributed by atoms with van der Waals surface area (Å²) in [6.07, 6.45) is 0.644. The van der Waals surface area contributed by atoms with Crippen molar-refractivity contribution in [1.29, 1.82) is 0 Å². The van der Waals surface area contributed by atoms with E-state index in [0.29, 0.717) is 12.1 Å². The summed E-state index contributed by atoms with van der Waals surface area (Å²) in [4.78, 5) is 12.2. The number of hydrogen-bond donors (Lipinski definition) is 3. The molecule has 108 valence electrons. The fraction of sp³-hybridized carbons (Fsp3) is 0.188. The largest absolute Gasteiger partial charge is 0.325 e. The van der Waals surface area contributed by atoms with E-state index < -0.39 is 0 Å².